The predicted octanol–water partition coefficient (Wildman–Crippen LogP) is 7.04. The zero-order chi connectivity index (χ0) is 25.4. The van der Waals surface area contributed by atoms with Crippen LogP contribution in [-0.2, 0) is 4.43 Å². The molecule has 0 aromatic heterocycles. The van der Waals surface area contributed by atoms with Gasteiger partial charge in [-0.25, -0.2) is 4.79 Å². The third-order valence-corrected chi connectivity index (χ3v) is 12.0. The van der Waals surface area contributed by atoms with E-state index < -0.39 is 20.5 Å². The number of carbonyl (C=O) groups is 1. The highest BCUT2D eigenvalue weighted by Gasteiger charge is 2.45. The van der Waals surface area contributed by atoms with E-state index in [-0.39, 0.29) is 11.1 Å². The van der Waals surface area contributed by atoms with Crippen LogP contribution in [0.5, 0.6) is 11.5 Å². The second-order valence-electron chi connectivity index (χ2n) is 10.7. The number of hydrogen-bond donors (Lipinski definition) is 0. The van der Waals surface area contributed by atoms with Crippen LogP contribution in [0.4, 0.5) is 10.5 Å². The van der Waals surface area contributed by atoms with Crippen molar-refractivity contribution in [2.45, 2.75) is 70.3 Å². The number of hydrogen-bond acceptors (Lipinski definition) is 4. The smallest absolute Gasteiger partial charge is 0.421 e. The van der Waals surface area contributed by atoms with Crippen molar-refractivity contribution >= 4 is 25.7 Å². The summed E-state index contributed by atoms with van der Waals surface area (Å²) in [4.78, 5) is 15.1. The van der Waals surface area contributed by atoms with Gasteiger partial charge in [-0.2, -0.15) is 0 Å². The number of rotatable bonds is 4. The Hall–Kier alpha value is -3.01. The maximum Gasteiger partial charge on any atom is 0.421 e. The Kier molecular flexibility index (Phi) is 6.85. The second-order valence-corrected chi connectivity index (χ2v) is 15.5. The van der Waals surface area contributed by atoms with Gasteiger partial charge in [0.25, 0.3) is 0 Å². The van der Waals surface area contributed by atoms with Crippen molar-refractivity contribution in [2.24, 2.45) is 0 Å². The molecule has 2 atom stereocenters. The molecule has 1 heterocycles. The lowest BCUT2D eigenvalue weighted by Gasteiger charge is -2.45. The van der Waals surface area contributed by atoms with Gasteiger partial charge in [0.2, 0.25) is 0 Å². The lowest BCUT2D eigenvalue weighted by molar-refractivity contribution is 0.203. The molecule has 2 aliphatic rings. The maximum atomic E-state index is 13.5. The predicted molar refractivity (Wildman–Crippen MR) is 143 cm³/mol. The van der Waals surface area contributed by atoms with E-state index in [2.05, 4.69) is 39.8 Å². The Morgan fingerprint density at radius 3 is 2.46 bits per heavy atom. The molecule has 2 unspecified atom stereocenters. The SMILES string of the molecule is C#CC1C2=C(c3ccc(OC)cc3N1C(=O)Oc1ccccc1)C(O[Si](C)(C)C(C)(C)C)CCC2. The number of nitrogens with zero attached hydrogens (tertiary/aromatic N) is 1. The fourth-order valence-electron chi connectivity index (χ4n) is 4.62. The summed E-state index contributed by atoms with van der Waals surface area (Å²) in [5.41, 5.74) is 3.86. The second kappa shape index (κ2) is 9.56. The first-order valence-corrected chi connectivity index (χ1v) is 15.1. The quantitative estimate of drug-likeness (QED) is 0.341. The van der Waals surface area contributed by atoms with Crippen LogP contribution in [0.2, 0.25) is 18.1 Å². The minimum Gasteiger partial charge on any atom is -0.497 e. The lowest BCUT2D eigenvalue weighted by Crippen LogP contribution is -2.49. The summed E-state index contributed by atoms with van der Waals surface area (Å²) in [5.74, 6) is 4.02. The molecule has 35 heavy (non-hydrogen) atoms. The molecule has 0 N–H and O–H groups in total. The molecule has 1 amide bonds. The number of methoxy groups -OCH3 is 1. The van der Waals surface area contributed by atoms with E-state index in [1.807, 2.05) is 36.4 Å². The van der Waals surface area contributed by atoms with Crippen LogP contribution in [0.1, 0.15) is 45.6 Å². The molecule has 4 rings (SSSR count). The molecule has 5 nitrogen and oxygen atoms in total. The van der Waals surface area contributed by atoms with E-state index in [1.165, 1.54) is 0 Å². The lowest BCUT2D eigenvalue weighted by atomic mass is 9.78. The van der Waals surface area contributed by atoms with Gasteiger partial charge in [-0.15, -0.1) is 6.42 Å². The maximum absolute atomic E-state index is 13.5. The monoisotopic (exact) mass is 489 g/mol. The topological polar surface area (TPSA) is 48.0 Å². The molecule has 2 aromatic rings. The van der Waals surface area contributed by atoms with E-state index in [0.717, 1.165) is 36.0 Å². The van der Waals surface area contributed by atoms with E-state index in [1.54, 1.807) is 24.1 Å². The molecule has 1 aliphatic heterocycles. The molecule has 184 valence electrons. The van der Waals surface area contributed by atoms with Gasteiger partial charge in [-0.3, -0.25) is 4.90 Å². The molecule has 1 aliphatic carbocycles. The van der Waals surface area contributed by atoms with Crippen molar-refractivity contribution < 1.29 is 18.7 Å². The molecular weight excluding hydrogens is 454 g/mol. The summed E-state index contributed by atoms with van der Waals surface area (Å²) < 4.78 is 18.2. The summed E-state index contributed by atoms with van der Waals surface area (Å²) in [7, 11) is -0.430. The molecule has 0 saturated carbocycles. The summed E-state index contributed by atoms with van der Waals surface area (Å²) >= 11 is 0. The Bertz CT molecular complexity index is 1170. The van der Waals surface area contributed by atoms with Gasteiger partial charge in [0.05, 0.1) is 18.9 Å². The molecule has 0 fully saturated rings. The van der Waals surface area contributed by atoms with Gasteiger partial charge in [0.15, 0.2) is 8.32 Å². The summed E-state index contributed by atoms with van der Waals surface area (Å²) in [5, 5.41) is 0.0830. The first kappa shape index (κ1) is 25.1. The highest BCUT2D eigenvalue weighted by molar-refractivity contribution is 6.74. The zero-order valence-corrected chi connectivity index (χ0v) is 22.6. The van der Waals surface area contributed by atoms with Crippen LogP contribution in [0.15, 0.2) is 54.1 Å². The highest BCUT2D eigenvalue weighted by atomic mass is 28.4. The number of terminal acetylenes is 1. The minimum absolute atomic E-state index is 0.0602. The molecule has 0 bridgehead atoms. The van der Waals surface area contributed by atoms with Crippen LogP contribution in [0.25, 0.3) is 5.57 Å². The normalized spacial score (nSPS) is 20.0. The van der Waals surface area contributed by atoms with Crippen LogP contribution < -0.4 is 14.4 Å². The molecule has 0 radical (unpaired) electrons. The Morgan fingerprint density at radius 1 is 1.11 bits per heavy atom. The number of para-hydroxylation sites is 1. The van der Waals surface area contributed by atoms with Crippen LogP contribution in [0.3, 0.4) is 0 Å². The molecule has 2 aromatic carbocycles. The van der Waals surface area contributed by atoms with Crippen LogP contribution >= 0.6 is 0 Å². The third-order valence-electron chi connectivity index (χ3n) is 7.47. The Labute approximate surface area is 210 Å². The summed E-state index contributed by atoms with van der Waals surface area (Å²) in [6.45, 7) is 11.3. The third kappa shape index (κ3) is 4.76. The standard InChI is InChI=1S/C29H35NO4Si/c1-8-24-22-15-12-16-26(34-35(6,7)29(2,3)4)27(22)23-18-17-21(32-5)19-25(23)30(24)28(31)33-20-13-10-9-11-14-20/h1,9-11,13-14,17-19,24,26H,12,15-16H2,2-7H3. The zero-order valence-electron chi connectivity index (χ0n) is 21.6. The van der Waals surface area contributed by atoms with E-state index >= 15 is 0 Å². The molecule has 0 saturated heterocycles. The largest absolute Gasteiger partial charge is 0.497 e. The summed E-state index contributed by atoms with van der Waals surface area (Å²) in [6.07, 6.45) is 8.25. The van der Waals surface area contributed by atoms with Crippen molar-refractivity contribution in [3.8, 4) is 23.8 Å². The fraction of sp³-hybridized carbons (Fsp3) is 0.414. The highest BCUT2D eigenvalue weighted by Crippen LogP contribution is 2.49. The Balaban J connectivity index is 1.83. The fourth-order valence-corrected chi connectivity index (χ4v) is 5.92. The number of carbonyl (C=O) groups excluding carboxylic acids is 1. The number of benzene rings is 2. The van der Waals surface area contributed by atoms with Crippen molar-refractivity contribution in [3.63, 3.8) is 0 Å². The number of fused-ring (bicyclic) bond motifs is 2. The van der Waals surface area contributed by atoms with Gasteiger partial charge in [0.1, 0.15) is 17.5 Å². The average molecular weight is 490 g/mol. The van der Waals surface area contributed by atoms with Crippen LogP contribution in [-0.4, -0.2) is 33.7 Å². The van der Waals surface area contributed by atoms with Gasteiger partial charge in [-0.05, 0) is 72.8 Å². The van der Waals surface area contributed by atoms with Crippen molar-refractivity contribution in [1.82, 2.24) is 0 Å². The Morgan fingerprint density at radius 2 is 1.83 bits per heavy atom. The van der Waals surface area contributed by atoms with E-state index in [9.17, 15) is 4.79 Å². The first-order chi connectivity index (χ1) is 16.6. The molecule has 6 heteroatoms. The van der Waals surface area contributed by atoms with Gasteiger partial charge >= 0.3 is 6.09 Å². The van der Waals surface area contributed by atoms with E-state index in [0.29, 0.717) is 17.2 Å². The minimum atomic E-state index is -2.05. The average Bonchev–Trinajstić information content (AvgIpc) is 2.82. The van der Waals surface area contributed by atoms with Crippen molar-refractivity contribution in [3.05, 3.63) is 59.7 Å². The number of amides is 1. The number of ether oxygens (including phenoxy) is 2. The molecule has 0 spiro atoms. The summed E-state index contributed by atoms with van der Waals surface area (Å²) in [6, 6.07) is 14.3. The van der Waals surface area contributed by atoms with Gasteiger partial charge < -0.3 is 13.9 Å². The van der Waals surface area contributed by atoms with Gasteiger partial charge in [0, 0.05) is 11.6 Å². The van der Waals surface area contributed by atoms with E-state index in [4.69, 9.17) is 20.3 Å². The molecular formula is C29H35NO4Si. The first-order valence-electron chi connectivity index (χ1n) is 12.2. The van der Waals surface area contributed by atoms with Crippen LogP contribution in [0, 0.1) is 12.3 Å². The van der Waals surface area contributed by atoms with Gasteiger partial charge in [-0.1, -0.05) is 44.9 Å². The van der Waals surface area contributed by atoms with Crippen molar-refractivity contribution in [2.75, 3.05) is 12.0 Å². The van der Waals surface area contributed by atoms with Crippen molar-refractivity contribution in [1.29, 1.82) is 0 Å². The number of anilines is 1.